The maximum atomic E-state index is 12.4. The first-order chi connectivity index (χ1) is 12.0. The van der Waals surface area contributed by atoms with Crippen LogP contribution in [0.15, 0.2) is 48.5 Å². The lowest BCUT2D eigenvalue weighted by Crippen LogP contribution is -2.22. The third kappa shape index (κ3) is 5.35. The smallest absolute Gasteiger partial charge is 0.338 e. The molecule has 25 heavy (non-hydrogen) atoms. The van der Waals surface area contributed by atoms with Gasteiger partial charge in [0.1, 0.15) is 5.75 Å². The van der Waals surface area contributed by atoms with Crippen molar-refractivity contribution in [2.24, 2.45) is 5.92 Å². The lowest BCUT2D eigenvalue weighted by molar-refractivity contribution is -0.139. The summed E-state index contributed by atoms with van der Waals surface area (Å²) in [5.41, 5.74) is 7.84. The maximum absolute atomic E-state index is 12.4. The van der Waals surface area contributed by atoms with Crippen LogP contribution >= 0.6 is 0 Å². The fourth-order valence-corrected chi connectivity index (χ4v) is 2.41. The fraction of sp³-hybridized carbons (Fsp3) is 0.300. The van der Waals surface area contributed by atoms with Crippen LogP contribution in [0.4, 0.5) is 5.69 Å². The van der Waals surface area contributed by atoms with E-state index in [1.54, 1.807) is 31.2 Å². The van der Waals surface area contributed by atoms with Crippen molar-refractivity contribution in [3.63, 3.8) is 0 Å². The van der Waals surface area contributed by atoms with Gasteiger partial charge in [0.15, 0.2) is 0 Å². The summed E-state index contributed by atoms with van der Waals surface area (Å²) in [7, 11) is 0. The van der Waals surface area contributed by atoms with Gasteiger partial charge in [0.25, 0.3) is 0 Å². The summed E-state index contributed by atoms with van der Waals surface area (Å²) < 4.78 is 10.4. The van der Waals surface area contributed by atoms with E-state index < -0.39 is 5.97 Å². The van der Waals surface area contributed by atoms with Crippen molar-refractivity contribution in [1.29, 1.82) is 0 Å². The third-order valence-electron chi connectivity index (χ3n) is 3.87. The highest BCUT2D eigenvalue weighted by atomic mass is 16.5. The second-order valence-electron chi connectivity index (χ2n) is 5.72. The largest absolute Gasteiger partial charge is 0.462 e. The summed E-state index contributed by atoms with van der Waals surface area (Å²) in [6, 6.07) is 13.8. The van der Waals surface area contributed by atoms with Gasteiger partial charge in [-0.1, -0.05) is 19.1 Å². The maximum Gasteiger partial charge on any atom is 0.338 e. The second-order valence-corrected chi connectivity index (χ2v) is 5.72. The number of anilines is 1. The van der Waals surface area contributed by atoms with Crippen molar-refractivity contribution in [3.05, 3.63) is 59.7 Å². The van der Waals surface area contributed by atoms with Gasteiger partial charge in [-0.25, -0.2) is 4.79 Å². The summed E-state index contributed by atoms with van der Waals surface area (Å²) in [5.74, 6) is -0.513. The topological polar surface area (TPSA) is 78.6 Å². The molecule has 132 valence electrons. The van der Waals surface area contributed by atoms with E-state index in [4.69, 9.17) is 15.2 Å². The molecule has 0 heterocycles. The van der Waals surface area contributed by atoms with E-state index in [1.165, 1.54) is 0 Å². The van der Waals surface area contributed by atoms with Gasteiger partial charge < -0.3 is 15.2 Å². The molecule has 2 aromatic rings. The van der Waals surface area contributed by atoms with Crippen LogP contribution < -0.4 is 10.5 Å². The Kier molecular flexibility index (Phi) is 6.57. The van der Waals surface area contributed by atoms with Crippen LogP contribution in [-0.2, 0) is 16.0 Å². The molecule has 0 saturated carbocycles. The van der Waals surface area contributed by atoms with Gasteiger partial charge >= 0.3 is 11.9 Å². The molecule has 1 atom stereocenters. The number of carbonyl (C=O) groups is 2. The van der Waals surface area contributed by atoms with E-state index in [1.807, 2.05) is 31.2 Å². The van der Waals surface area contributed by atoms with Gasteiger partial charge in [0, 0.05) is 5.69 Å². The molecule has 5 heteroatoms. The molecule has 0 saturated heterocycles. The van der Waals surface area contributed by atoms with E-state index in [9.17, 15) is 9.59 Å². The molecule has 1 unspecified atom stereocenters. The summed E-state index contributed by atoms with van der Waals surface area (Å²) in [6.07, 6.45) is 1.26. The lowest BCUT2D eigenvalue weighted by Gasteiger charge is -2.14. The highest BCUT2D eigenvalue weighted by Crippen LogP contribution is 2.19. The molecule has 2 aromatic carbocycles. The van der Waals surface area contributed by atoms with Crippen LogP contribution in [0.25, 0.3) is 0 Å². The molecular formula is C20H23NO4. The van der Waals surface area contributed by atoms with Crippen molar-refractivity contribution in [1.82, 2.24) is 0 Å². The predicted octanol–water partition coefficient (Wildman–Crippen LogP) is 3.62. The Morgan fingerprint density at radius 2 is 1.64 bits per heavy atom. The monoisotopic (exact) mass is 341 g/mol. The number of esters is 2. The molecule has 0 spiro atoms. The Labute approximate surface area is 147 Å². The van der Waals surface area contributed by atoms with Crippen molar-refractivity contribution < 1.29 is 19.1 Å². The van der Waals surface area contributed by atoms with Crippen molar-refractivity contribution in [2.45, 2.75) is 26.7 Å². The fourth-order valence-electron chi connectivity index (χ4n) is 2.41. The van der Waals surface area contributed by atoms with Crippen LogP contribution in [0.1, 0.15) is 36.2 Å². The molecular weight excluding hydrogens is 318 g/mol. The number of hydrogen-bond acceptors (Lipinski definition) is 5. The van der Waals surface area contributed by atoms with E-state index in [-0.39, 0.29) is 11.9 Å². The molecule has 0 radical (unpaired) electrons. The van der Waals surface area contributed by atoms with E-state index in [0.29, 0.717) is 36.4 Å². The van der Waals surface area contributed by atoms with E-state index in [0.717, 1.165) is 5.56 Å². The second kappa shape index (κ2) is 8.87. The van der Waals surface area contributed by atoms with E-state index in [2.05, 4.69) is 0 Å². The highest BCUT2D eigenvalue weighted by Gasteiger charge is 2.19. The number of nitrogens with two attached hydrogens (primary N) is 1. The SMILES string of the molecule is CCOC(=O)c1ccc(OC(=O)C(CC)Cc2ccc(N)cc2)cc1. The first-order valence-electron chi connectivity index (χ1n) is 8.36. The van der Waals surface area contributed by atoms with Gasteiger partial charge in [0.2, 0.25) is 0 Å². The molecule has 0 amide bonds. The molecule has 0 aromatic heterocycles. The molecule has 2 N–H and O–H groups in total. The zero-order chi connectivity index (χ0) is 18.2. The molecule has 0 aliphatic heterocycles. The van der Waals surface area contributed by atoms with Gasteiger partial charge in [0.05, 0.1) is 18.1 Å². The molecule has 2 rings (SSSR count). The first kappa shape index (κ1) is 18.5. The van der Waals surface area contributed by atoms with Crippen LogP contribution in [0.3, 0.4) is 0 Å². The number of rotatable bonds is 7. The number of benzene rings is 2. The van der Waals surface area contributed by atoms with Crippen LogP contribution in [-0.4, -0.2) is 18.5 Å². The van der Waals surface area contributed by atoms with Crippen molar-refractivity contribution in [2.75, 3.05) is 12.3 Å². The Morgan fingerprint density at radius 3 is 2.20 bits per heavy atom. The van der Waals surface area contributed by atoms with Crippen molar-refractivity contribution in [3.8, 4) is 5.75 Å². The minimum absolute atomic E-state index is 0.242. The molecule has 0 bridgehead atoms. The average Bonchev–Trinajstić information content (AvgIpc) is 2.62. The Hall–Kier alpha value is -2.82. The zero-order valence-electron chi connectivity index (χ0n) is 14.5. The Balaban J connectivity index is 1.99. The van der Waals surface area contributed by atoms with Gasteiger partial charge in [-0.2, -0.15) is 0 Å². The number of ether oxygens (including phenoxy) is 2. The Bertz CT molecular complexity index is 707. The number of carbonyl (C=O) groups excluding carboxylic acids is 2. The summed E-state index contributed by atoms with van der Waals surface area (Å²) >= 11 is 0. The quantitative estimate of drug-likeness (QED) is 0.473. The molecule has 5 nitrogen and oxygen atoms in total. The lowest BCUT2D eigenvalue weighted by atomic mass is 9.97. The standard InChI is InChI=1S/C20H23NO4/c1-3-15(13-14-5-9-17(21)10-6-14)20(23)25-18-11-7-16(8-12-18)19(22)24-4-2/h5-12,15H,3-4,13,21H2,1-2H3. The Morgan fingerprint density at radius 1 is 1.00 bits per heavy atom. The zero-order valence-corrected chi connectivity index (χ0v) is 14.5. The summed E-state index contributed by atoms with van der Waals surface area (Å²) in [6.45, 7) is 4.02. The normalized spacial score (nSPS) is 11.6. The number of nitrogen functional groups attached to an aromatic ring is 1. The van der Waals surface area contributed by atoms with Gasteiger partial charge in [-0.3, -0.25) is 4.79 Å². The number of hydrogen-bond donors (Lipinski definition) is 1. The first-order valence-corrected chi connectivity index (χ1v) is 8.36. The van der Waals surface area contributed by atoms with E-state index >= 15 is 0 Å². The molecule has 0 aliphatic rings. The van der Waals surface area contributed by atoms with Gasteiger partial charge in [-0.05, 0) is 61.7 Å². The summed E-state index contributed by atoms with van der Waals surface area (Å²) in [4.78, 5) is 24.0. The predicted molar refractivity (Wildman–Crippen MR) is 96.4 cm³/mol. The summed E-state index contributed by atoms with van der Waals surface area (Å²) in [5, 5.41) is 0. The van der Waals surface area contributed by atoms with Crippen LogP contribution in [0, 0.1) is 5.92 Å². The molecule has 0 fully saturated rings. The third-order valence-corrected chi connectivity index (χ3v) is 3.87. The average molecular weight is 341 g/mol. The van der Waals surface area contributed by atoms with Crippen LogP contribution in [0.2, 0.25) is 0 Å². The highest BCUT2D eigenvalue weighted by molar-refractivity contribution is 5.89. The minimum atomic E-state index is -0.393. The minimum Gasteiger partial charge on any atom is -0.462 e. The van der Waals surface area contributed by atoms with Crippen LogP contribution in [0.5, 0.6) is 5.75 Å². The molecule has 0 aliphatic carbocycles. The van der Waals surface area contributed by atoms with Crippen molar-refractivity contribution >= 4 is 17.6 Å². The van der Waals surface area contributed by atoms with Gasteiger partial charge in [-0.15, -0.1) is 0 Å².